The summed E-state index contributed by atoms with van der Waals surface area (Å²) in [5.41, 5.74) is 0.550. The van der Waals surface area contributed by atoms with Crippen LogP contribution in [0.2, 0.25) is 0 Å². The van der Waals surface area contributed by atoms with Gasteiger partial charge in [0.15, 0.2) is 12.2 Å². The molecule has 0 amide bonds. The van der Waals surface area contributed by atoms with E-state index >= 15 is 0 Å². The summed E-state index contributed by atoms with van der Waals surface area (Å²) in [4.78, 5) is 36.7. The van der Waals surface area contributed by atoms with Crippen LogP contribution >= 0.6 is 0 Å². The lowest BCUT2D eigenvalue weighted by atomic mass is 9.87. The number of ether oxygens (including phenoxy) is 3. The Morgan fingerprint density at radius 2 is 1.81 bits per heavy atom. The molecule has 1 aromatic heterocycles. The molecule has 0 saturated carbocycles. The van der Waals surface area contributed by atoms with Crippen LogP contribution in [0.15, 0.2) is 56.8 Å². The molecule has 0 bridgehead atoms. The summed E-state index contributed by atoms with van der Waals surface area (Å²) in [6, 6.07) is 6.22. The Kier molecular flexibility index (Phi) is 6.06. The highest BCUT2D eigenvalue weighted by molar-refractivity contribution is 5.88. The minimum absolute atomic E-state index is 0.344. The normalized spacial score (nSPS) is 19.7. The van der Waals surface area contributed by atoms with Crippen LogP contribution < -0.4 is 10.4 Å². The quantitative estimate of drug-likeness (QED) is 0.407. The topological polar surface area (TPSA) is 92.0 Å². The molecule has 2 heterocycles. The zero-order valence-electron chi connectivity index (χ0n) is 18.5. The third-order valence-corrected chi connectivity index (χ3v) is 5.03. The predicted molar refractivity (Wildman–Crippen MR) is 115 cm³/mol. The Labute approximate surface area is 180 Å². The first-order valence-corrected chi connectivity index (χ1v) is 9.98. The number of fused-ring (bicyclic) bond motifs is 2. The Hall–Kier alpha value is -3.35. The van der Waals surface area contributed by atoms with Gasteiger partial charge in [-0.25, -0.2) is 14.4 Å². The minimum atomic E-state index is -1.03. The molecule has 7 heteroatoms. The smallest absolute Gasteiger partial charge is 0.336 e. The van der Waals surface area contributed by atoms with Crippen molar-refractivity contribution in [1.29, 1.82) is 0 Å². The molecule has 0 saturated heterocycles. The second-order valence-electron chi connectivity index (χ2n) is 8.26. The Balaban J connectivity index is 2.15. The van der Waals surface area contributed by atoms with E-state index < -0.39 is 35.4 Å². The second-order valence-corrected chi connectivity index (χ2v) is 8.26. The fourth-order valence-electron chi connectivity index (χ4n) is 3.34. The van der Waals surface area contributed by atoms with Crippen LogP contribution in [-0.4, -0.2) is 23.6 Å². The number of rotatable bonds is 4. The number of esters is 2. The fraction of sp³-hybridized carbons (Fsp3) is 0.375. The van der Waals surface area contributed by atoms with E-state index in [4.69, 9.17) is 18.6 Å². The molecule has 0 unspecified atom stereocenters. The molecule has 0 spiro atoms. The van der Waals surface area contributed by atoms with Crippen molar-refractivity contribution in [3.63, 3.8) is 0 Å². The number of hydrogen-bond donors (Lipinski definition) is 0. The SMILES string of the molecule is CC=C(C)C(=O)O[C@H]1c2cc3ccc(=O)oc3cc2OC(C)(C)[C@@H]1OC(=O)C=C(C)C. The molecular weight excluding hydrogens is 400 g/mol. The lowest BCUT2D eigenvalue weighted by Crippen LogP contribution is -2.52. The molecule has 0 aliphatic carbocycles. The van der Waals surface area contributed by atoms with Crippen LogP contribution in [0.25, 0.3) is 11.0 Å². The van der Waals surface area contributed by atoms with Gasteiger partial charge in [0.2, 0.25) is 0 Å². The molecule has 1 aliphatic rings. The first kappa shape index (κ1) is 22.3. The van der Waals surface area contributed by atoms with Crippen LogP contribution in [0.1, 0.15) is 53.2 Å². The number of hydrogen-bond acceptors (Lipinski definition) is 7. The molecule has 3 rings (SSSR count). The maximum absolute atomic E-state index is 12.6. The summed E-state index contributed by atoms with van der Waals surface area (Å²) in [5.74, 6) is -0.697. The fourth-order valence-corrected chi connectivity index (χ4v) is 3.34. The van der Waals surface area contributed by atoms with Gasteiger partial charge >= 0.3 is 17.6 Å². The van der Waals surface area contributed by atoms with Crippen molar-refractivity contribution in [3.8, 4) is 5.75 Å². The van der Waals surface area contributed by atoms with Crippen LogP contribution in [0.4, 0.5) is 0 Å². The third-order valence-electron chi connectivity index (χ3n) is 5.03. The van der Waals surface area contributed by atoms with E-state index in [2.05, 4.69) is 0 Å². The largest absolute Gasteiger partial charge is 0.483 e. The summed E-state index contributed by atoms with van der Waals surface area (Å²) in [5, 5.41) is 0.625. The first-order chi connectivity index (χ1) is 14.5. The van der Waals surface area contributed by atoms with Gasteiger partial charge in [-0.2, -0.15) is 0 Å². The maximum atomic E-state index is 12.6. The van der Waals surface area contributed by atoms with Crippen molar-refractivity contribution in [2.24, 2.45) is 0 Å². The zero-order chi connectivity index (χ0) is 22.9. The molecule has 2 aromatic rings. The Morgan fingerprint density at radius 3 is 2.45 bits per heavy atom. The zero-order valence-corrected chi connectivity index (χ0v) is 18.5. The van der Waals surface area contributed by atoms with Gasteiger partial charge in [-0.05, 0) is 53.7 Å². The van der Waals surface area contributed by atoms with Gasteiger partial charge in [-0.15, -0.1) is 0 Å². The number of carbonyl (C=O) groups is 2. The van der Waals surface area contributed by atoms with Gasteiger partial charge < -0.3 is 18.6 Å². The summed E-state index contributed by atoms with van der Waals surface area (Å²) in [6.07, 6.45) is 1.18. The second kappa shape index (κ2) is 8.41. The van der Waals surface area contributed by atoms with Crippen LogP contribution in [-0.2, 0) is 19.1 Å². The van der Waals surface area contributed by atoms with Gasteiger partial charge in [0.05, 0.1) is 0 Å². The van der Waals surface area contributed by atoms with Crippen molar-refractivity contribution in [2.45, 2.75) is 59.4 Å². The van der Waals surface area contributed by atoms with E-state index in [-0.39, 0.29) is 0 Å². The van der Waals surface area contributed by atoms with E-state index in [0.717, 1.165) is 5.57 Å². The molecule has 2 atom stereocenters. The van der Waals surface area contributed by atoms with E-state index in [9.17, 15) is 14.4 Å². The van der Waals surface area contributed by atoms with E-state index in [1.807, 2.05) is 0 Å². The average Bonchev–Trinajstić information content (AvgIpc) is 2.67. The molecule has 0 fully saturated rings. The van der Waals surface area contributed by atoms with E-state index in [1.54, 1.807) is 65.8 Å². The van der Waals surface area contributed by atoms with Crippen LogP contribution in [0.3, 0.4) is 0 Å². The van der Waals surface area contributed by atoms with Crippen molar-refractivity contribution in [1.82, 2.24) is 0 Å². The van der Waals surface area contributed by atoms with Crippen molar-refractivity contribution in [2.75, 3.05) is 0 Å². The highest BCUT2D eigenvalue weighted by Crippen LogP contribution is 2.45. The number of carbonyl (C=O) groups excluding carboxylic acids is 2. The average molecular weight is 426 g/mol. The molecule has 1 aliphatic heterocycles. The lowest BCUT2D eigenvalue weighted by molar-refractivity contribution is -0.185. The lowest BCUT2D eigenvalue weighted by Gasteiger charge is -2.43. The van der Waals surface area contributed by atoms with E-state index in [1.165, 1.54) is 12.1 Å². The molecule has 31 heavy (non-hydrogen) atoms. The van der Waals surface area contributed by atoms with Gasteiger partial charge in [0.1, 0.15) is 16.9 Å². The monoisotopic (exact) mass is 426 g/mol. The Bertz CT molecular complexity index is 1150. The molecule has 7 nitrogen and oxygen atoms in total. The van der Waals surface area contributed by atoms with Crippen molar-refractivity contribution in [3.05, 3.63) is 63.5 Å². The molecular formula is C24H26O7. The number of allylic oxidation sites excluding steroid dienone is 2. The van der Waals surface area contributed by atoms with Crippen molar-refractivity contribution < 1.29 is 28.2 Å². The molecule has 1 aromatic carbocycles. The summed E-state index contributed by atoms with van der Waals surface area (Å²) < 4.78 is 22.9. The standard InChI is InChI=1S/C24H26O7/c1-7-14(4)23(27)30-21-16-11-15-8-9-19(25)28-17(15)12-18(16)31-24(5,6)22(21)29-20(26)10-13(2)3/h7-12,21-22H,1-6H3/t21-,22+/m0/s1. The highest BCUT2D eigenvalue weighted by Gasteiger charge is 2.49. The van der Waals surface area contributed by atoms with Gasteiger partial charge in [0.25, 0.3) is 0 Å². The maximum Gasteiger partial charge on any atom is 0.336 e. The highest BCUT2D eigenvalue weighted by atomic mass is 16.6. The van der Waals surface area contributed by atoms with Gasteiger partial charge in [-0.1, -0.05) is 11.6 Å². The number of benzene rings is 1. The summed E-state index contributed by atoms with van der Waals surface area (Å²) in [6.45, 7) is 10.4. The van der Waals surface area contributed by atoms with Crippen molar-refractivity contribution >= 4 is 22.9 Å². The summed E-state index contributed by atoms with van der Waals surface area (Å²) >= 11 is 0. The van der Waals surface area contributed by atoms with Crippen LogP contribution in [0.5, 0.6) is 5.75 Å². The molecule has 0 N–H and O–H groups in total. The minimum Gasteiger partial charge on any atom is -0.483 e. The van der Waals surface area contributed by atoms with Crippen LogP contribution in [0, 0.1) is 0 Å². The summed E-state index contributed by atoms with van der Waals surface area (Å²) in [7, 11) is 0. The predicted octanol–water partition coefficient (Wildman–Crippen LogP) is 4.39. The molecule has 0 radical (unpaired) electrons. The van der Waals surface area contributed by atoms with Gasteiger partial charge in [-0.3, -0.25) is 0 Å². The Morgan fingerprint density at radius 1 is 1.10 bits per heavy atom. The van der Waals surface area contributed by atoms with Gasteiger partial charge in [0, 0.05) is 34.7 Å². The van der Waals surface area contributed by atoms with E-state index in [0.29, 0.717) is 27.9 Å². The molecule has 164 valence electrons. The third kappa shape index (κ3) is 4.71. The first-order valence-electron chi connectivity index (χ1n) is 9.98.